The fourth-order valence-electron chi connectivity index (χ4n) is 2.71. The molecule has 5 heteroatoms. The maximum absolute atomic E-state index is 11.2. The lowest BCUT2D eigenvalue weighted by Crippen LogP contribution is -2.25. The molecule has 3 nitrogen and oxygen atoms in total. The van der Waals surface area contributed by atoms with Gasteiger partial charge in [-0.3, -0.25) is 0 Å². The SMILES string of the molecule is CN(C)CCc1sc2ccccc2c1C(C)(O)c1cscn1. The Labute approximate surface area is 138 Å². The number of aliphatic hydroxyl groups is 1. The summed E-state index contributed by atoms with van der Waals surface area (Å²) >= 11 is 3.30. The van der Waals surface area contributed by atoms with Crippen molar-refractivity contribution in [2.45, 2.75) is 18.9 Å². The molecule has 0 spiro atoms. The molecule has 3 rings (SSSR count). The molecule has 2 aromatic heterocycles. The van der Waals surface area contributed by atoms with Crippen molar-refractivity contribution in [3.05, 3.63) is 51.3 Å². The summed E-state index contributed by atoms with van der Waals surface area (Å²) in [6.07, 6.45) is 0.933. The molecular formula is C17H20N2OS2. The standard InChI is InChI=1S/C17H20N2OS2/c1-17(20,15-10-21-11-18-15)16-12-6-4-5-7-13(12)22-14(16)8-9-19(2)3/h4-7,10-11,20H,8-9H2,1-3H3. The Kier molecular flexibility index (Phi) is 4.32. The zero-order valence-electron chi connectivity index (χ0n) is 13.0. The van der Waals surface area contributed by atoms with Crippen LogP contribution in [-0.4, -0.2) is 35.6 Å². The Hall–Kier alpha value is -1.27. The Morgan fingerprint density at radius 3 is 2.73 bits per heavy atom. The first-order valence-electron chi connectivity index (χ1n) is 7.27. The lowest BCUT2D eigenvalue weighted by atomic mass is 9.90. The molecule has 1 aromatic carbocycles. The molecule has 0 amide bonds. The highest BCUT2D eigenvalue weighted by Crippen LogP contribution is 2.41. The molecule has 1 N–H and O–H groups in total. The van der Waals surface area contributed by atoms with Crippen LogP contribution < -0.4 is 0 Å². The smallest absolute Gasteiger partial charge is 0.131 e. The highest BCUT2D eigenvalue weighted by atomic mass is 32.1. The number of hydrogen-bond acceptors (Lipinski definition) is 5. The molecule has 2 heterocycles. The first kappa shape index (κ1) is 15.6. The summed E-state index contributed by atoms with van der Waals surface area (Å²) in [5.41, 5.74) is 2.46. The summed E-state index contributed by atoms with van der Waals surface area (Å²) in [6, 6.07) is 8.31. The van der Waals surface area contributed by atoms with Crippen LogP contribution >= 0.6 is 22.7 Å². The quantitative estimate of drug-likeness (QED) is 0.773. The number of thiophene rings is 1. The van der Waals surface area contributed by atoms with Gasteiger partial charge in [-0.15, -0.1) is 22.7 Å². The van der Waals surface area contributed by atoms with Crippen LogP contribution in [0.2, 0.25) is 0 Å². The van der Waals surface area contributed by atoms with Gasteiger partial charge < -0.3 is 10.0 Å². The third-order valence-electron chi connectivity index (χ3n) is 3.87. The molecule has 0 saturated carbocycles. The van der Waals surface area contributed by atoms with Gasteiger partial charge in [-0.2, -0.15) is 0 Å². The number of fused-ring (bicyclic) bond motifs is 1. The van der Waals surface area contributed by atoms with Crippen LogP contribution in [0.25, 0.3) is 10.1 Å². The van der Waals surface area contributed by atoms with E-state index in [1.807, 2.05) is 18.4 Å². The Morgan fingerprint density at radius 1 is 1.27 bits per heavy atom. The molecule has 0 aliphatic heterocycles. The van der Waals surface area contributed by atoms with Crippen molar-refractivity contribution in [2.75, 3.05) is 20.6 Å². The van der Waals surface area contributed by atoms with Gasteiger partial charge in [-0.1, -0.05) is 18.2 Å². The van der Waals surface area contributed by atoms with Gasteiger partial charge in [0.05, 0.1) is 11.2 Å². The molecule has 1 unspecified atom stereocenters. The largest absolute Gasteiger partial charge is 0.379 e. The summed E-state index contributed by atoms with van der Waals surface area (Å²) < 4.78 is 1.22. The van der Waals surface area contributed by atoms with Crippen molar-refractivity contribution >= 4 is 32.8 Å². The summed E-state index contributed by atoms with van der Waals surface area (Å²) in [7, 11) is 4.15. The second kappa shape index (κ2) is 6.08. The summed E-state index contributed by atoms with van der Waals surface area (Å²) in [4.78, 5) is 7.77. The molecule has 3 aromatic rings. The molecule has 1 atom stereocenters. The fraction of sp³-hybridized carbons (Fsp3) is 0.353. The van der Waals surface area contributed by atoms with E-state index in [4.69, 9.17) is 0 Å². The van der Waals surface area contributed by atoms with Crippen LogP contribution in [0.5, 0.6) is 0 Å². The number of likely N-dealkylation sites (N-methyl/N-ethyl adjacent to an activating group) is 1. The maximum Gasteiger partial charge on any atom is 0.131 e. The predicted octanol–water partition coefficient (Wildman–Crippen LogP) is 3.72. The van der Waals surface area contributed by atoms with Crippen LogP contribution in [0.15, 0.2) is 35.2 Å². The van der Waals surface area contributed by atoms with Gasteiger partial charge in [-0.05, 0) is 38.9 Å². The highest BCUT2D eigenvalue weighted by Gasteiger charge is 2.33. The number of thiazole rings is 1. The Bertz CT molecular complexity index is 760. The number of nitrogens with zero attached hydrogens (tertiary/aromatic N) is 2. The van der Waals surface area contributed by atoms with Gasteiger partial charge in [0, 0.05) is 27.1 Å². The van der Waals surface area contributed by atoms with E-state index in [1.54, 1.807) is 16.8 Å². The lowest BCUT2D eigenvalue weighted by molar-refractivity contribution is 0.0991. The normalized spacial score (nSPS) is 14.6. The van der Waals surface area contributed by atoms with Crippen molar-refractivity contribution in [1.82, 2.24) is 9.88 Å². The number of aromatic nitrogens is 1. The van der Waals surface area contributed by atoms with Crippen molar-refractivity contribution in [3.8, 4) is 0 Å². The topological polar surface area (TPSA) is 36.4 Å². The van der Waals surface area contributed by atoms with Gasteiger partial charge in [-0.25, -0.2) is 4.98 Å². The van der Waals surface area contributed by atoms with Gasteiger partial charge in [0.1, 0.15) is 5.60 Å². The molecule has 0 aliphatic carbocycles. The molecule has 0 fully saturated rings. The number of rotatable bonds is 5. The number of benzene rings is 1. The van der Waals surface area contributed by atoms with E-state index in [1.165, 1.54) is 20.9 Å². The average Bonchev–Trinajstić information content (AvgIpc) is 3.12. The second-order valence-corrected chi connectivity index (χ2v) is 7.75. The molecule has 0 saturated heterocycles. The van der Waals surface area contributed by atoms with Gasteiger partial charge in [0.25, 0.3) is 0 Å². The van der Waals surface area contributed by atoms with E-state index in [9.17, 15) is 5.11 Å². The van der Waals surface area contributed by atoms with Crippen molar-refractivity contribution < 1.29 is 5.11 Å². The molecule has 0 radical (unpaired) electrons. The maximum atomic E-state index is 11.2. The Morgan fingerprint density at radius 2 is 2.05 bits per heavy atom. The van der Waals surface area contributed by atoms with Gasteiger partial charge in [0.15, 0.2) is 0 Å². The zero-order valence-corrected chi connectivity index (χ0v) is 14.7. The third-order valence-corrected chi connectivity index (χ3v) is 5.69. The summed E-state index contributed by atoms with van der Waals surface area (Å²) in [5.74, 6) is 0. The van der Waals surface area contributed by atoms with Crippen molar-refractivity contribution in [3.63, 3.8) is 0 Å². The van der Waals surface area contributed by atoms with E-state index in [-0.39, 0.29) is 0 Å². The van der Waals surface area contributed by atoms with E-state index < -0.39 is 5.60 Å². The minimum Gasteiger partial charge on any atom is -0.379 e. The van der Waals surface area contributed by atoms with Crippen molar-refractivity contribution in [2.24, 2.45) is 0 Å². The van der Waals surface area contributed by atoms with E-state index >= 15 is 0 Å². The van der Waals surface area contributed by atoms with Crippen LogP contribution in [0.3, 0.4) is 0 Å². The minimum absolute atomic E-state index is 0.729. The summed E-state index contributed by atoms with van der Waals surface area (Å²) in [5, 5.41) is 14.3. The molecule has 116 valence electrons. The Balaban J connectivity index is 2.15. The molecule has 0 aliphatic rings. The van der Waals surface area contributed by atoms with Crippen LogP contribution in [-0.2, 0) is 12.0 Å². The minimum atomic E-state index is -1.05. The van der Waals surface area contributed by atoms with E-state index in [2.05, 4.69) is 42.2 Å². The molecular weight excluding hydrogens is 312 g/mol. The van der Waals surface area contributed by atoms with Crippen LogP contribution in [0, 0.1) is 0 Å². The fourth-order valence-corrected chi connectivity index (χ4v) is 4.66. The van der Waals surface area contributed by atoms with Gasteiger partial charge in [0.2, 0.25) is 0 Å². The predicted molar refractivity (Wildman–Crippen MR) is 94.9 cm³/mol. The van der Waals surface area contributed by atoms with E-state index in [0.717, 1.165) is 29.6 Å². The van der Waals surface area contributed by atoms with Gasteiger partial charge >= 0.3 is 0 Å². The molecule has 0 bridgehead atoms. The second-order valence-electron chi connectivity index (χ2n) is 5.90. The third kappa shape index (κ3) is 2.82. The van der Waals surface area contributed by atoms with Crippen molar-refractivity contribution in [1.29, 1.82) is 0 Å². The van der Waals surface area contributed by atoms with E-state index in [0.29, 0.717) is 0 Å². The first-order valence-corrected chi connectivity index (χ1v) is 9.02. The number of hydrogen-bond donors (Lipinski definition) is 1. The highest BCUT2D eigenvalue weighted by molar-refractivity contribution is 7.19. The summed E-state index contributed by atoms with van der Waals surface area (Å²) in [6.45, 7) is 2.82. The van der Waals surface area contributed by atoms with Crippen LogP contribution in [0.4, 0.5) is 0 Å². The lowest BCUT2D eigenvalue weighted by Gasteiger charge is -2.23. The zero-order chi connectivity index (χ0) is 15.7. The molecule has 22 heavy (non-hydrogen) atoms. The monoisotopic (exact) mass is 332 g/mol. The average molecular weight is 332 g/mol. The van der Waals surface area contributed by atoms with Crippen LogP contribution in [0.1, 0.15) is 23.1 Å². The first-order chi connectivity index (χ1) is 10.5.